The zero-order valence-corrected chi connectivity index (χ0v) is 14.5. The zero-order valence-electron chi connectivity index (χ0n) is 14.5. The Morgan fingerprint density at radius 2 is 1.85 bits per heavy atom. The Hall–Kier alpha value is -3.04. The van der Waals surface area contributed by atoms with Gasteiger partial charge in [0.15, 0.2) is 0 Å². The van der Waals surface area contributed by atoms with Crippen LogP contribution in [0.3, 0.4) is 0 Å². The molecule has 0 aliphatic heterocycles. The Morgan fingerprint density at radius 1 is 1.15 bits per heavy atom. The lowest BCUT2D eigenvalue weighted by molar-refractivity contribution is -0.143. The Bertz CT molecular complexity index is 649. The number of carboxylic acid groups (broad SMARTS) is 2. The predicted molar refractivity (Wildman–Crippen MR) is 88.9 cm³/mol. The molecule has 0 fully saturated rings. The minimum atomic E-state index is -1.35. The van der Waals surface area contributed by atoms with Crippen molar-refractivity contribution in [3.05, 3.63) is 24.3 Å². The molecular weight excluding hydrogens is 344 g/mol. The second-order valence-electron chi connectivity index (χ2n) is 6.00. The van der Waals surface area contributed by atoms with Crippen LogP contribution >= 0.6 is 0 Å². The van der Waals surface area contributed by atoms with E-state index in [2.05, 4.69) is 20.6 Å². The van der Waals surface area contributed by atoms with E-state index in [1.807, 2.05) is 0 Å². The molecule has 0 saturated heterocycles. The summed E-state index contributed by atoms with van der Waals surface area (Å²) in [5.41, 5.74) is 0.477. The molecule has 2 amide bonds. The van der Waals surface area contributed by atoms with Crippen LogP contribution in [0.5, 0.6) is 0 Å². The summed E-state index contributed by atoms with van der Waals surface area (Å²) < 4.78 is 0. The van der Waals surface area contributed by atoms with Gasteiger partial charge in [-0.1, -0.05) is 13.8 Å². The van der Waals surface area contributed by atoms with Gasteiger partial charge >= 0.3 is 11.9 Å². The Morgan fingerprint density at radius 3 is 2.35 bits per heavy atom. The molecule has 0 aliphatic rings. The number of rotatable bonds is 10. The predicted octanol–water partition coefficient (Wildman–Crippen LogP) is -0.406. The number of carbonyl (C=O) groups is 4. The summed E-state index contributed by atoms with van der Waals surface area (Å²) in [7, 11) is 0. The van der Waals surface area contributed by atoms with Gasteiger partial charge in [0.2, 0.25) is 11.8 Å². The maximum Gasteiger partial charge on any atom is 0.326 e. The van der Waals surface area contributed by atoms with E-state index in [0.717, 1.165) is 0 Å². The van der Waals surface area contributed by atoms with Crippen molar-refractivity contribution in [1.29, 1.82) is 0 Å². The lowest BCUT2D eigenvalue weighted by atomic mass is 10.0. The van der Waals surface area contributed by atoms with Crippen molar-refractivity contribution in [3.8, 4) is 0 Å². The highest BCUT2D eigenvalue weighted by molar-refractivity contribution is 5.91. The van der Waals surface area contributed by atoms with Crippen LogP contribution in [0.1, 0.15) is 32.4 Å². The van der Waals surface area contributed by atoms with Crippen molar-refractivity contribution >= 4 is 23.8 Å². The molecular formula is C16H22N4O6. The zero-order chi connectivity index (χ0) is 19.7. The van der Waals surface area contributed by atoms with E-state index in [9.17, 15) is 19.2 Å². The van der Waals surface area contributed by atoms with E-state index in [4.69, 9.17) is 10.2 Å². The fourth-order valence-electron chi connectivity index (χ4n) is 2.13. The molecule has 0 radical (unpaired) electrons. The molecule has 26 heavy (non-hydrogen) atoms. The number of carbonyl (C=O) groups excluding carboxylic acids is 2. The van der Waals surface area contributed by atoms with Gasteiger partial charge in [0.25, 0.3) is 0 Å². The standard InChI is InChI=1S/C16H22N4O6/c1-9(2)14(20-12(21)7-10-5-6-17-8-18-10)15(24)19-11(16(25)26)3-4-13(22)23/h5-6,8-9,11,14H,3-4,7H2,1-2H3,(H,19,24)(H,20,21)(H,22,23)(H,25,26)/t11-,14+/m1/s1. The average molecular weight is 366 g/mol. The second-order valence-corrected chi connectivity index (χ2v) is 6.00. The highest BCUT2D eigenvalue weighted by atomic mass is 16.4. The highest BCUT2D eigenvalue weighted by Crippen LogP contribution is 2.06. The summed E-state index contributed by atoms with van der Waals surface area (Å²) in [6.07, 6.45) is 2.08. The number of amides is 2. The molecule has 1 heterocycles. The Balaban J connectivity index is 2.71. The largest absolute Gasteiger partial charge is 0.481 e. The van der Waals surface area contributed by atoms with Crippen LogP contribution in [0, 0.1) is 5.92 Å². The number of carboxylic acids is 2. The van der Waals surface area contributed by atoms with Crippen molar-refractivity contribution < 1.29 is 29.4 Å². The van der Waals surface area contributed by atoms with E-state index in [1.54, 1.807) is 19.9 Å². The van der Waals surface area contributed by atoms with Crippen LogP contribution in [-0.4, -0.2) is 56.0 Å². The lowest BCUT2D eigenvalue weighted by Crippen LogP contribution is -2.54. The summed E-state index contributed by atoms with van der Waals surface area (Å²) in [4.78, 5) is 54.0. The van der Waals surface area contributed by atoms with Gasteiger partial charge in [-0.15, -0.1) is 0 Å². The Labute approximate surface area is 150 Å². The molecule has 10 nitrogen and oxygen atoms in total. The Kier molecular flexibility index (Phi) is 8.13. The molecule has 2 atom stereocenters. The molecule has 10 heteroatoms. The lowest BCUT2D eigenvalue weighted by Gasteiger charge is -2.24. The van der Waals surface area contributed by atoms with Gasteiger partial charge in [0, 0.05) is 12.6 Å². The summed E-state index contributed by atoms with van der Waals surface area (Å²) in [6, 6.07) is -0.745. The van der Waals surface area contributed by atoms with E-state index in [1.165, 1.54) is 12.5 Å². The van der Waals surface area contributed by atoms with E-state index >= 15 is 0 Å². The monoisotopic (exact) mass is 366 g/mol. The number of hydrogen-bond acceptors (Lipinski definition) is 6. The molecule has 0 spiro atoms. The maximum absolute atomic E-state index is 12.4. The van der Waals surface area contributed by atoms with E-state index < -0.39 is 42.3 Å². The van der Waals surface area contributed by atoms with Gasteiger partial charge in [-0.2, -0.15) is 0 Å². The second kappa shape index (κ2) is 10.1. The van der Waals surface area contributed by atoms with Gasteiger partial charge in [-0.05, 0) is 18.4 Å². The first kappa shape index (κ1) is 21.0. The molecule has 0 saturated carbocycles. The van der Waals surface area contributed by atoms with Crippen LogP contribution in [0.2, 0.25) is 0 Å². The summed E-state index contributed by atoms with van der Waals surface area (Å²) in [5.74, 6) is -3.94. The summed E-state index contributed by atoms with van der Waals surface area (Å²) >= 11 is 0. The molecule has 142 valence electrons. The van der Waals surface area contributed by atoms with Crippen LogP contribution in [0.15, 0.2) is 18.6 Å². The van der Waals surface area contributed by atoms with Crippen molar-refractivity contribution in [2.45, 2.75) is 45.2 Å². The molecule has 0 aromatic carbocycles. The number of nitrogens with zero attached hydrogens (tertiary/aromatic N) is 2. The normalized spacial score (nSPS) is 12.9. The van der Waals surface area contributed by atoms with Crippen LogP contribution in [-0.2, 0) is 25.6 Å². The molecule has 0 bridgehead atoms. The van der Waals surface area contributed by atoms with Crippen LogP contribution in [0.4, 0.5) is 0 Å². The van der Waals surface area contributed by atoms with Crippen molar-refractivity contribution in [2.24, 2.45) is 5.92 Å². The minimum absolute atomic E-state index is 0.0552. The van der Waals surface area contributed by atoms with Gasteiger partial charge in [0.1, 0.15) is 18.4 Å². The van der Waals surface area contributed by atoms with Crippen LogP contribution in [0.25, 0.3) is 0 Å². The quantitative estimate of drug-likeness (QED) is 0.435. The van der Waals surface area contributed by atoms with Crippen LogP contribution < -0.4 is 10.6 Å². The number of hydrogen-bond donors (Lipinski definition) is 4. The first-order valence-electron chi connectivity index (χ1n) is 8.00. The summed E-state index contributed by atoms with van der Waals surface area (Å²) in [5, 5.41) is 22.6. The fraction of sp³-hybridized carbons (Fsp3) is 0.500. The molecule has 0 aliphatic carbocycles. The van der Waals surface area contributed by atoms with Gasteiger partial charge < -0.3 is 20.8 Å². The maximum atomic E-state index is 12.4. The van der Waals surface area contributed by atoms with Gasteiger partial charge in [-0.25, -0.2) is 14.8 Å². The van der Waals surface area contributed by atoms with Crippen molar-refractivity contribution in [1.82, 2.24) is 20.6 Å². The third-order valence-electron chi connectivity index (χ3n) is 3.51. The average Bonchev–Trinajstić information content (AvgIpc) is 2.56. The highest BCUT2D eigenvalue weighted by Gasteiger charge is 2.28. The topological polar surface area (TPSA) is 159 Å². The third kappa shape index (κ3) is 7.24. The number of aromatic nitrogens is 2. The molecule has 1 aromatic heterocycles. The van der Waals surface area contributed by atoms with Crippen molar-refractivity contribution in [3.63, 3.8) is 0 Å². The molecule has 1 aromatic rings. The number of aliphatic carboxylic acids is 2. The molecule has 4 N–H and O–H groups in total. The SMILES string of the molecule is CC(C)[C@H](NC(=O)Cc1ccncn1)C(=O)N[C@H](CCC(=O)O)C(=O)O. The first-order chi connectivity index (χ1) is 12.2. The van der Waals surface area contributed by atoms with Gasteiger partial charge in [-0.3, -0.25) is 14.4 Å². The van der Waals surface area contributed by atoms with Gasteiger partial charge in [0.05, 0.1) is 12.1 Å². The smallest absolute Gasteiger partial charge is 0.326 e. The van der Waals surface area contributed by atoms with E-state index in [-0.39, 0.29) is 18.8 Å². The fourth-order valence-corrected chi connectivity index (χ4v) is 2.13. The third-order valence-corrected chi connectivity index (χ3v) is 3.51. The number of nitrogens with one attached hydrogen (secondary N) is 2. The minimum Gasteiger partial charge on any atom is -0.481 e. The summed E-state index contributed by atoms with van der Waals surface area (Å²) in [6.45, 7) is 3.39. The van der Waals surface area contributed by atoms with Crippen molar-refractivity contribution in [2.75, 3.05) is 0 Å². The molecule has 0 unspecified atom stereocenters. The first-order valence-corrected chi connectivity index (χ1v) is 8.00. The van der Waals surface area contributed by atoms with E-state index in [0.29, 0.717) is 5.69 Å². The molecule has 1 rings (SSSR count).